The van der Waals surface area contributed by atoms with Crippen molar-refractivity contribution in [2.75, 3.05) is 11.5 Å². The van der Waals surface area contributed by atoms with Gasteiger partial charge in [-0.1, -0.05) is 30.3 Å². The molecular formula is C13H15N3. The van der Waals surface area contributed by atoms with Crippen LogP contribution in [0.1, 0.15) is 5.56 Å². The molecule has 2 aromatic carbocycles. The van der Waals surface area contributed by atoms with Crippen molar-refractivity contribution < 1.29 is 0 Å². The standard InChI is InChI=1S/C13H15N3/c14-8-9-4-3-7-12(16)13(9)10-5-1-2-6-11(10)15/h1-7H,8,14-16H2. The Morgan fingerprint density at radius 1 is 0.812 bits per heavy atom. The number of para-hydroxylation sites is 1. The van der Waals surface area contributed by atoms with Crippen LogP contribution in [-0.2, 0) is 6.54 Å². The zero-order valence-electron chi connectivity index (χ0n) is 8.98. The van der Waals surface area contributed by atoms with Crippen LogP contribution in [0.4, 0.5) is 11.4 Å². The van der Waals surface area contributed by atoms with Crippen molar-refractivity contribution in [2.45, 2.75) is 6.54 Å². The van der Waals surface area contributed by atoms with E-state index in [9.17, 15) is 0 Å². The molecule has 82 valence electrons. The normalized spacial score (nSPS) is 10.3. The maximum Gasteiger partial charge on any atom is 0.0397 e. The minimum Gasteiger partial charge on any atom is -0.398 e. The number of hydrogen-bond donors (Lipinski definition) is 3. The van der Waals surface area contributed by atoms with Crippen molar-refractivity contribution in [3.05, 3.63) is 48.0 Å². The predicted molar refractivity (Wildman–Crippen MR) is 68.6 cm³/mol. The molecule has 3 heteroatoms. The number of benzene rings is 2. The summed E-state index contributed by atoms with van der Waals surface area (Å²) in [5.41, 5.74) is 22.0. The van der Waals surface area contributed by atoms with Crippen LogP contribution >= 0.6 is 0 Å². The molecule has 0 amide bonds. The Hall–Kier alpha value is -2.00. The van der Waals surface area contributed by atoms with E-state index in [0.717, 1.165) is 22.4 Å². The van der Waals surface area contributed by atoms with Crippen molar-refractivity contribution in [1.82, 2.24) is 0 Å². The lowest BCUT2D eigenvalue weighted by atomic mass is 9.96. The van der Waals surface area contributed by atoms with Crippen LogP contribution in [0.25, 0.3) is 11.1 Å². The third kappa shape index (κ3) is 1.73. The second kappa shape index (κ2) is 4.24. The van der Waals surface area contributed by atoms with Crippen molar-refractivity contribution in [3.8, 4) is 11.1 Å². The van der Waals surface area contributed by atoms with E-state index in [1.54, 1.807) is 0 Å². The van der Waals surface area contributed by atoms with Crippen LogP contribution in [0, 0.1) is 0 Å². The molecule has 2 aromatic rings. The van der Waals surface area contributed by atoms with Gasteiger partial charge in [-0.2, -0.15) is 0 Å². The third-order valence-corrected chi connectivity index (χ3v) is 2.63. The first-order chi connectivity index (χ1) is 7.74. The van der Waals surface area contributed by atoms with Crippen molar-refractivity contribution in [1.29, 1.82) is 0 Å². The highest BCUT2D eigenvalue weighted by Gasteiger charge is 2.09. The highest BCUT2D eigenvalue weighted by Crippen LogP contribution is 2.33. The molecule has 0 saturated heterocycles. The van der Waals surface area contributed by atoms with Gasteiger partial charge in [-0.3, -0.25) is 0 Å². The molecule has 6 N–H and O–H groups in total. The Kier molecular flexibility index (Phi) is 2.79. The van der Waals surface area contributed by atoms with E-state index in [2.05, 4.69) is 0 Å². The Morgan fingerprint density at radius 3 is 2.19 bits per heavy atom. The molecule has 16 heavy (non-hydrogen) atoms. The van der Waals surface area contributed by atoms with Crippen molar-refractivity contribution in [3.63, 3.8) is 0 Å². The van der Waals surface area contributed by atoms with E-state index >= 15 is 0 Å². The highest BCUT2D eigenvalue weighted by atomic mass is 14.6. The fourth-order valence-electron chi connectivity index (χ4n) is 1.84. The molecule has 0 aliphatic heterocycles. The first kappa shape index (κ1) is 10.5. The van der Waals surface area contributed by atoms with Crippen LogP contribution in [-0.4, -0.2) is 0 Å². The summed E-state index contributed by atoms with van der Waals surface area (Å²) in [7, 11) is 0. The minimum absolute atomic E-state index is 0.453. The van der Waals surface area contributed by atoms with E-state index in [4.69, 9.17) is 17.2 Å². The summed E-state index contributed by atoms with van der Waals surface area (Å²) in [6, 6.07) is 13.4. The van der Waals surface area contributed by atoms with Gasteiger partial charge in [0.25, 0.3) is 0 Å². The smallest absolute Gasteiger partial charge is 0.0397 e. The third-order valence-electron chi connectivity index (χ3n) is 2.63. The molecule has 0 spiro atoms. The zero-order valence-corrected chi connectivity index (χ0v) is 8.98. The fraction of sp³-hybridized carbons (Fsp3) is 0.0769. The minimum atomic E-state index is 0.453. The Balaban J connectivity index is 2.68. The number of rotatable bonds is 2. The number of nitrogen functional groups attached to an aromatic ring is 2. The van der Waals surface area contributed by atoms with Gasteiger partial charge >= 0.3 is 0 Å². The Bertz CT molecular complexity index is 506. The van der Waals surface area contributed by atoms with Gasteiger partial charge in [0.1, 0.15) is 0 Å². The largest absolute Gasteiger partial charge is 0.398 e. The second-order valence-electron chi connectivity index (χ2n) is 3.67. The number of nitrogens with two attached hydrogens (primary N) is 3. The van der Waals surface area contributed by atoms with E-state index in [1.165, 1.54) is 0 Å². The van der Waals surface area contributed by atoms with Gasteiger partial charge in [-0.05, 0) is 17.7 Å². The molecule has 0 heterocycles. The van der Waals surface area contributed by atoms with Crippen LogP contribution in [0.15, 0.2) is 42.5 Å². The van der Waals surface area contributed by atoms with Gasteiger partial charge in [0.05, 0.1) is 0 Å². The highest BCUT2D eigenvalue weighted by molar-refractivity contribution is 5.86. The lowest BCUT2D eigenvalue weighted by Crippen LogP contribution is -2.03. The summed E-state index contributed by atoms with van der Waals surface area (Å²) in [6.07, 6.45) is 0. The predicted octanol–water partition coefficient (Wildman–Crippen LogP) is 1.98. The van der Waals surface area contributed by atoms with Crippen molar-refractivity contribution >= 4 is 11.4 Å². The first-order valence-corrected chi connectivity index (χ1v) is 5.16. The lowest BCUT2D eigenvalue weighted by Gasteiger charge is -2.13. The van der Waals surface area contributed by atoms with Gasteiger partial charge in [0.15, 0.2) is 0 Å². The van der Waals surface area contributed by atoms with E-state index in [0.29, 0.717) is 12.2 Å². The number of anilines is 2. The average Bonchev–Trinajstić information content (AvgIpc) is 2.30. The van der Waals surface area contributed by atoms with E-state index in [1.807, 2.05) is 42.5 Å². The molecule has 0 aliphatic carbocycles. The Morgan fingerprint density at radius 2 is 1.50 bits per heavy atom. The quantitative estimate of drug-likeness (QED) is 0.667. The maximum atomic E-state index is 5.99. The maximum absolute atomic E-state index is 5.99. The summed E-state index contributed by atoms with van der Waals surface area (Å²) < 4.78 is 0. The molecule has 0 bridgehead atoms. The second-order valence-corrected chi connectivity index (χ2v) is 3.67. The summed E-state index contributed by atoms with van der Waals surface area (Å²) in [4.78, 5) is 0. The van der Waals surface area contributed by atoms with Crippen LogP contribution in [0.5, 0.6) is 0 Å². The summed E-state index contributed by atoms with van der Waals surface area (Å²) in [5.74, 6) is 0. The monoisotopic (exact) mass is 213 g/mol. The van der Waals surface area contributed by atoms with Crippen LogP contribution in [0.3, 0.4) is 0 Å². The molecular weight excluding hydrogens is 198 g/mol. The van der Waals surface area contributed by atoms with Gasteiger partial charge in [-0.15, -0.1) is 0 Å². The number of hydrogen-bond acceptors (Lipinski definition) is 3. The average molecular weight is 213 g/mol. The van der Waals surface area contributed by atoms with Gasteiger partial charge < -0.3 is 17.2 Å². The molecule has 0 radical (unpaired) electrons. The molecule has 0 unspecified atom stereocenters. The Labute approximate surface area is 94.9 Å². The molecule has 0 fully saturated rings. The summed E-state index contributed by atoms with van der Waals surface area (Å²) >= 11 is 0. The van der Waals surface area contributed by atoms with Crippen LogP contribution in [0.2, 0.25) is 0 Å². The van der Waals surface area contributed by atoms with E-state index in [-0.39, 0.29) is 0 Å². The van der Waals surface area contributed by atoms with Gasteiger partial charge in [-0.25, -0.2) is 0 Å². The summed E-state index contributed by atoms with van der Waals surface area (Å²) in [6.45, 7) is 0.453. The molecule has 0 atom stereocenters. The molecule has 0 saturated carbocycles. The molecule has 0 aliphatic rings. The molecule has 2 rings (SSSR count). The van der Waals surface area contributed by atoms with E-state index < -0.39 is 0 Å². The molecule has 3 nitrogen and oxygen atoms in total. The summed E-state index contributed by atoms with van der Waals surface area (Å²) in [5, 5.41) is 0. The van der Waals surface area contributed by atoms with Gasteiger partial charge in [0.2, 0.25) is 0 Å². The van der Waals surface area contributed by atoms with Crippen molar-refractivity contribution in [2.24, 2.45) is 5.73 Å². The molecule has 0 aromatic heterocycles. The lowest BCUT2D eigenvalue weighted by molar-refractivity contribution is 1.07. The van der Waals surface area contributed by atoms with Gasteiger partial charge in [0, 0.05) is 29.0 Å². The fourth-order valence-corrected chi connectivity index (χ4v) is 1.84. The SMILES string of the molecule is NCc1cccc(N)c1-c1ccccc1N. The first-order valence-electron chi connectivity index (χ1n) is 5.16. The van der Waals surface area contributed by atoms with Crippen LogP contribution < -0.4 is 17.2 Å². The topological polar surface area (TPSA) is 78.1 Å². The zero-order chi connectivity index (χ0) is 11.5.